The minimum atomic E-state index is -2.03. The molecule has 156 valence electrons. The number of aromatic amines is 1. The van der Waals surface area contributed by atoms with Gasteiger partial charge in [0.05, 0.1) is 17.1 Å². The van der Waals surface area contributed by atoms with E-state index in [2.05, 4.69) is 30.0 Å². The van der Waals surface area contributed by atoms with Gasteiger partial charge in [0, 0.05) is 35.6 Å². The Morgan fingerprint density at radius 3 is 2.57 bits per heavy atom. The third kappa shape index (κ3) is 3.63. The van der Waals surface area contributed by atoms with Crippen molar-refractivity contribution in [1.82, 2.24) is 15.2 Å². The number of aromatic nitrogens is 1. The van der Waals surface area contributed by atoms with E-state index < -0.39 is 16.6 Å². The van der Waals surface area contributed by atoms with Gasteiger partial charge in [0.2, 0.25) is 0 Å². The van der Waals surface area contributed by atoms with Crippen LogP contribution >= 0.6 is 0 Å². The van der Waals surface area contributed by atoms with Gasteiger partial charge in [-0.3, -0.25) is 30.9 Å². The molecule has 0 fully saturated rings. The van der Waals surface area contributed by atoms with E-state index in [-0.39, 0.29) is 22.9 Å². The Morgan fingerprint density at radius 2 is 1.97 bits per heavy atom. The fraction of sp³-hybridized carbons (Fsp3) is 0.227. The molecule has 3 unspecified atom stereocenters. The van der Waals surface area contributed by atoms with Crippen molar-refractivity contribution in [2.24, 2.45) is 5.73 Å². The Bertz CT molecular complexity index is 1080. The van der Waals surface area contributed by atoms with Crippen molar-refractivity contribution in [3.8, 4) is 0 Å². The van der Waals surface area contributed by atoms with Crippen LogP contribution in [-0.4, -0.2) is 34.1 Å². The molecule has 3 atom stereocenters. The van der Waals surface area contributed by atoms with Crippen molar-refractivity contribution in [3.63, 3.8) is 0 Å². The molecule has 0 bridgehead atoms. The van der Waals surface area contributed by atoms with Gasteiger partial charge < -0.3 is 4.98 Å². The van der Waals surface area contributed by atoms with Gasteiger partial charge in [0.1, 0.15) is 5.69 Å². The Hall–Kier alpha value is -3.33. The van der Waals surface area contributed by atoms with E-state index in [4.69, 9.17) is 5.73 Å². The summed E-state index contributed by atoms with van der Waals surface area (Å²) in [5.41, 5.74) is 4.56. The average molecular weight is 407 g/mol. The lowest BCUT2D eigenvalue weighted by molar-refractivity contribution is -0.564. The highest BCUT2D eigenvalue weighted by molar-refractivity contribution is 5.80. The minimum absolute atomic E-state index is 0.0676. The first-order valence-electron chi connectivity index (χ1n) is 9.50. The molecule has 0 saturated carbocycles. The number of nitrogens with one attached hydrogen (secondary N) is 2. The fourth-order valence-corrected chi connectivity index (χ4v) is 3.72. The molecule has 1 aromatic heterocycles. The summed E-state index contributed by atoms with van der Waals surface area (Å²) < 4.78 is 0. The molecule has 1 aliphatic rings. The van der Waals surface area contributed by atoms with Gasteiger partial charge in [0.25, 0.3) is 0 Å². The Labute approximate surface area is 174 Å². The van der Waals surface area contributed by atoms with Crippen LogP contribution in [0, 0.1) is 10.1 Å². The number of H-pyrrole nitrogens is 1. The molecule has 1 aliphatic carbocycles. The van der Waals surface area contributed by atoms with Crippen molar-refractivity contribution in [2.45, 2.75) is 17.9 Å². The Kier molecular flexibility index (Phi) is 6.12. The molecule has 0 spiro atoms. The lowest BCUT2D eigenvalue weighted by atomic mass is 9.88. The topological polar surface area (TPSA) is 117 Å². The summed E-state index contributed by atoms with van der Waals surface area (Å²) in [4.78, 5) is 29.6. The van der Waals surface area contributed by atoms with Crippen molar-refractivity contribution >= 4 is 10.9 Å². The Balaban J connectivity index is 2.15. The van der Waals surface area contributed by atoms with Crippen LogP contribution in [0.5, 0.6) is 0 Å². The molecule has 30 heavy (non-hydrogen) atoms. The van der Waals surface area contributed by atoms with Crippen LogP contribution in [0.2, 0.25) is 0 Å². The van der Waals surface area contributed by atoms with Crippen molar-refractivity contribution in [2.75, 3.05) is 13.1 Å². The Morgan fingerprint density at radius 1 is 1.30 bits per heavy atom. The fourth-order valence-electron chi connectivity index (χ4n) is 3.72. The lowest BCUT2D eigenvalue weighted by Gasteiger charge is -2.34. The molecule has 3 rings (SSSR count). The molecule has 1 heterocycles. The first kappa shape index (κ1) is 21.4. The number of hydrogen-bond donors (Lipinski definition) is 3. The van der Waals surface area contributed by atoms with Crippen molar-refractivity contribution in [3.05, 3.63) is 106 Å². The SMILES string of the molecule is C=CCN(CC=C)C(C=C)NC1C=CC(N)([N+](=O)[O-])c2[nH]c3ccccc3c(=O)c21. The number of nitrogens with two attached hydrogens (primary N) is 1. The molecular weight excluding hydrogens is 382 g/mol. The van der Waals surface area contributed by atoms with E-state index in [0.717, 1.165) is 0 Å². The number of para-hydroxylation sites is 1. The highest BCUT2D eigenvalue weighted by atomic mass is 16.6. The van der Waals surface area contributed by atoms with E-state index >= 15 is 0 Å². The van der Waals surface area contributed by atoms with Crippen LogP contribution in [0.1, 0.15) is 17.3 Å². The molecule has 0 radical (unpaired) electrons. The quantitative estimate of drug-likeness (QED) is 0.254. The predicted octanol–water partition coefficient (Wildman–Crippen LogP) is 2.30. The normalized spacial score (nSPS) is 21.2. The molecule has 0 saturated heterocycles. The molecule has 2 aromatic rings. The molecule has 1 aromatic carbocycles. The zero-order chi connectivity index (χ0) is 21.9. The monoisotopic (exact) mass is 407 g/mol. The first-order valence-corrected chi connectivity index (χ1v) is 9.50. The third-order valence-corrected chi connectivity index (χ3v) is 5.20. The van der Waals surface area contributed by atoms with E-state index in [1.165, 1.54) is 6.08 Å². The van der Waals surface area contributed by atoms with Gasteiger partial charge in [-0.05, 0) is 12.1 Å². The van der Waals surface area contributed by atoms with Gasteiger partial charge in [0.15, 0.2) is 5.43 Å². The number of nitro groups is 1. The summed E-state index contributed by atoms with van der Waals surface area (Å²) in [6.45, 7) is 12.5. The molecule has 8 nitrogen and oxygen atoms in total. The first-order chi connectivity index (χ1) is 14.4. The third-order valence-electron chi connectivity index (χ3n) is 5.20. The zero-order valence-corrected chi connectivity index (χ0v) is 16.6. The summed E-state index contributed by atoms with van der Waals surface area (Å²) in [5.74, 6) is 0. The lowest BCUT2D eigenvalue weighted by Crippen LogP contribution is -2.51. The van der Waals surface area contributed by atoms with Crippen LogP contribution < -0.4 is 16.5 Å². The summed E-state index contributed by atoms with van der Waals surface area (Å²) in [7, 11) is 0. The second-order valence-electron chi connectivity index (χ2n) is 7.09. The molecule has 4 N–H and O–H groups in total. The van der Waals surface area contributed by atoms with E-state index in [1.807, 2.05) is 4.90 Å². The maximum absolute atomic E-state index is 13.3. The van der Waals surface area contributed by atoms with E-state index in [1.54, 1.807) is 48.6 Å². The molecular formula is C22H25N5O3. The van der Waals surface area contributed by atoms with Crippen molar-refractivity contribution < 1.29 is 4.92 Å². The second-order valence-corrected chi connectivity index (χ2v) is 7.09. The second kappa shape index (κ2) is 8.58. The smallest absolute Gasteiger partial charge is 0.332 e. The van der Waals surface area contributed by atoms with Crippen LogP contribution in [-0.2, 0) is 5.66 Å². The van der Waals surface area contributed by atoms with E-state index in [0.29, 0.717) is 24.0 Å². The summed E-state index contributed by atoms with van der Waals surface area (Å²) in [5, 5.41) is 15.6. The number of hydrogen-bond acceptors (Lipinski definition) is 6. The van der Waals surface area contributed by atoms with Crippen LogP contribution in [0.4, 0.5) is 0 Å². The van der Waals surface area contributed by atoms with Gasteiger partial charge in [-0.2, -0.15) is 0 Å². The number of benzene rings is 1. The zero-order valence-electron chi connectivity index (χ0n) is 16.6. The molecule has 8 heteroatoms. The average Bonchev–Trinajstić information content (AvgIpc) is 2.73. The molecule has 0 amide bonds. The maximum Gasteiger partial charge on any atom is 0.332 e. The molecule has 0 aliphatic heterocycles. The standard InChI is InChI=1S/C22H25N5O3/c1-4-13-26(14-5-2)18(6-3)24-17-11-12-22(23,27(29)30)21-19(17)20(28)15-9-7-8-10-16(15)25-21/h4-12,17-18,24H,1-3,13-14,23H2,(H,25,28). The van der Waals surface area contributed by atoms with Crippen molar-refractivity contribution in [1.29, 1.82) is 0 Å². The minimum Gasteiger partial charge on any atom is -0.350 e. The highest BCUT2D eigenvalue weighted by Crippen LogP contribution is 2.33. The number of nitrogens with zero attached hydrogens (tertiary/aromatic N) is 2. The summed E-state index contributed by atoms with van der Waals surface area (Å²) in [6, 6.07) is 6.27. The van der Waals surface area contributed by atoms with Crippen LogP contribution in [0.25, 0.3) is 10.9 Å². The van der Waals surface area contributed by atoms with E-state index in [9.17, 15) is 14.9 Å². The highest BCUT2D eigenvalue weighted by Gasteiger charge is 2.46. The number of fused-ring (bicyclic) bond motifs is 2. The summed E-state index contributed by atoms with van der Waals surface area (Å²) >= 11 is 0. The number of rotatable bonds is 9. The van der Waals surface area contributed by atoms with Gasteiger partial charge in [-0.15, -0.1) is 19.7 Å². The van der Waals surface area contributed by atoms with Gasteiger partial charge in [-0.25, -0.2) is 0 Å². The summed E-state index contributed by atoms with van der Waals surface area (Å²) in [6.07, 6.45) is 7.74. The van der Waals surface area contributed by atoms with Gasteiger partial charge in [-0.1, -0.05) is 36.4 Å². The predicted molar refractivity (Wildman–Crippen MR) is 118 cm³/mol. The van der Waals surface area contributed by atoms with Gasteiger partial charge >= 0.3 is 5.66 Å². The largest absolute Gasteiger partial charge is 0.350 e. The number of pyridine rings is 1. The van der Waals surface area contributed by atoms with Crippen LogP contribution in [0.3, 0.4) is 0 Å². The maximum atomic E-state index is 13.3. The van der Waals surface area contributed by atoms with Crippen LogP contribution in [0.15, 0.2) is 79.2 Å².